The number of hydrogen-bond donors (Lipinski definition) is 2. The number of nitrogens with two attached hydrogens (primary N) is 1. The molecule has 1 amide bonds. The molecule has 0 spiro atoms. The quantitative estimate of drug-likeness (QED) is 0.907. The van der Waals surface area contributed by atoms with Crippen molar-refractivity contribution in [2.75, 3.05) is 5.32 Å². The van der Waals surface area contributed by atoms with Crippen molar-refractivity contribution >= 4 is 11.6 Å². The molecule has 0 aromatic heterocycles. The highest BCUT2D eigenvalue weighted by Crippen LogP contribution is 2.28. The Kier molecular flexibility index (Phi) is 4.02. The van der Waals surface area contributed by atoms with E-state index in [1.54, 1.807) is 0 Å². The van der Waals surface area contributed by atoms with Crippen molar-refractivity contribution in [3.05, 3.63) is 65.2 Å². The number of carbonyl (C=O) groups excluding carboxylic acids is 1. The monoisotopic (exact) mass is 280 g/mol. The number of rotatable bonds is 3. The lowest BCUT2D eigenvalue weighted by atomic mass is 9.90. The van der Waals surface area contributed by atoms with Gasteiger partial charge in [-0.1, -0.05) is 42.5 Å². The number of aryl methyl sites for hydroxylation is 1. The summed E-state index contributed by atoms with van der Waals surface area (Å²) >= 11 is 0. The number of benzene rings is 2. The van der Waals surface area contributed by atoms with E-state index in [1.165, 1.54) is 24.0 Å². The van der Waals surface area contributed by atoms with Gasteiger partial charge in [-0.15, -0.1) is 0 Å². The van der Waals surface area contributed by atoms with Gasteiger partial charge in [-0.05, 0) is 48.4 Å². The van der Waals surface area contributed by atoms with Crippen molar-refractivity contribution in [2.45, 2.75) is 31.7 Å². The molecule has 2 aromatic carbocycles. The van der Waals surface area contributed by atoms with Gasteiger partial charge in [0.2, 0.25) is 5.91 Å². The molecule has 1 aliphatic carbocycles. The molecule has 0 bridgehead atoms. The Labute approximate surface area is 125 Å². The first-order valence-corrected chi connectivity index (χ1v) is 7.48. The van der Waals surface area contributed by atoms with E-state index in [1.807, 2.05) is 42.5 Å². The second kappa shape index (κ2) is 6.10. The van der Waals surface area contributed by atoms with E-state index in [-0.39, 0.29) is 5.91 Å². The summed E-state index contributed by atoms with van der Waals surface area (Å²) in [5.74, 6) is -0.153. The van der Waals surface area contributed by atoms with Crippen molar-refractivity contribution in [1.29, 1.82) is 0 Å². The van der Waals surface area contributed by atoms with Gasteiger partial charge in [-0.25, -0.2) is 0 Å². The van der Waals surface area contributed by atoms with Crippen LogP contribution in [-0.2, 0) is 17.6 Å². The summed E-state index contributed by atoms with van der Waals surface area (Å²) in [6.07, 6.45) is 4.55. The maximum Gasteiger partial charge on any atom is 0.245 e. The number of anilines is 1. The maximum absolute atomic E-state index is 12.4. The van der Waals surface area contributed by atoms with Gasteiger partial charge in [0.15, 0.2) is 0 Å². The van der Waals surface area contributed by atoms with Crippen molar-refractivity contribution in [2.24, 2.45) is 5.73 Å². The summed E-state index contributed by atoms with van der Waals surface area (Å²) in [4.78, 5) is 12.4. The lowest BCUT2D eigenvalue weighted by Crippen LogP contribution is -2.28. The molecule has 1 aliphatic rings. The Balaban J connectivity index is 1.79. The van der Waals surface area contributed by atoms with Crippen LogP contribution in [0.25, 0.3) is 0 Å². The van der Waals surface area contributed by atoms with Crippen molar-refractivity contribution in [3.63, 3.8) is 0 Å². The first-order valence-electron chi connectivity index (χ1n) is 7.48. The fraction of sp³-hybridized carbons (Fsp3) is 0.278. The van der Waals surface area contributed by atoms with Crippen molar-refractivity contribution in [3.8, 4) is 0 Å². The van der Waals surface area contributed by atoms with E-state index in [2.05, 4.69) is 11.4 Å². The molecular weight excluding hydrogens is 260 g/mol. The molecule has 3 N–H and O–H groups in total. The van der Waals surface area contributed by atoms with E-state index >= 15 is 0 Å². The van der Waals surface area contributed by atoms with Crippen molar-refractivity contribution in [1.82, 2.24) is 0 Å². The van der Waals surface area contributed by atoms with E-state index in [0.717, 1.165) is 24.1 Å². The van der Waals surface area contributed by atoms with E-state index in [9.17, 15) is 4.79 Å². The highest BCUT2D eigenvalue weighted by Gasteiger charge is 2.19. The molecule has 0 fully saturated rings. The Bertz CT molecular complexity index is 637. The highest BCUT2D eigenvalue weighted by molar-refractivity contribution is 5.96. The van der Waals surface area contributed by atoms with E-state index < -0.39 is 6.04 Å². The van der Waals surface area contributed by atoms with Gasteiger partial charge < -0.3 is 11.1 Å². The van der Waals surface area contributed by atoms with Crippen LogP contribution in [0.15, 0.2) is 48.5 Å². The maximum atomic E-state index is 12.4. The average Bonchev–Trinajstić information content (AvgIpc) is 2.55. The van der Waals surface area contributed by atoms with Crippen LogP contribution in [0.5, 0.6) is 0 Å². The fourth-order valence-electron chi connectivity index (χ4n) is 2.92. The van der Waals surface area contributed by atoms with Crippen LogP contribution in [0.4, 0.5) is 5.69 Å². The van der Waals surface area contributed by atoms with Crippen LogP contribution in [0.3, 0.4) is 0 Å². The molecule has 1 atom stereocenters. The molecule has 21 heavy (non-hydrogen) atoms. The summed E-state index contributed by atoms with van der Waals surface area (Å²) in [6.45, 7) is 0. The van der Waals surface area contributed by atoms with E-state index in [4.69, 9.17) is 5.73 Å². The van der Waals surface area contributed by atoms with Crippen LogP contribution in [0, 0.1) is 0 Å². The Morgan fingerprint density at radius 1 is 1.00 bits per heavy atom. The van der Waals surface area contributed by atoms with Crippen LogP contribution in [0.1, 0.15) is 35.6 Å². The van der Waals surface area contributed by atoms with Gasteiger partial charge >= 0.3 is 0 Å². The third-order valence-electron chi connectivity index (χ3n) is 4.09. The third-order valence-corrected chi connectivity index (χ3v) is 4.09. The van der Waals surface area contributed by atoms with Crippen LogP contribution in [0.2, 0.25) is 0 Å². The van der Waals surface area contributed by atoms with Crippen molar-refractivity contribution < 1.29 is 4.79 Å². The van der Waals surface area contributed by atoms with Crippen LogP contribution in [-0.4, -0.2) is 5.91 Å². The van der Waals surface area contributed by atoms with Gasteiger partial charge in [-0.3, -0.25) is 4.79 Å². The van der Waals surface area contributed by atoms with Gasteiger partial charge in [0.25, 0.3) is 0 Å². The molecule has 0 aliphatic heterocycles. The number of fused-ring (bicyclic) bond motifs is 1. The number of carbonyl (C=O) groups is 1. The average molecular weight is 280 g/mol. The van der Waals surface area contributed by atoms with Gasteiger partial charge in [0.1, 0.15) is 6.04 Å². The molecule has 3 heteroatoms. The Morgan fingerprint density at radius 2 is 1.76 bits per heavy atom. The molecule has 0 radical (unpaired) electrons. The first-order chi connectivity index (χ1) is 10.3. The minimum Gasteiger partial charge on any atom is -0.324 e. The second-order valence-electron chi connectivity index (χ2n) is 5.53. The molecule has 0 saturated carbocycles. The zero-order valence-corrected chi connectivity index (χ0v) is 12.0. The van der Waals surface area contributed by atoms with Gasteiger partial charge in [0.05, 0.1) is 0 Å². The predicted molar refractivity (Wildman–Crippen MR) is 85.1 cm³/mol. The third kappa shape index (κ3) is 2.98. The zero-order valence-electron chi connectivity index (χ0n) is 12.0. The number of hydrogen-bond acceptors (Lipinski definition) is 2. The van der Waals surface area contributed by atoms with Crippen LogP contribution >= 0.6 is 0 Å². The Morgan fingerprint density at radius 3 is 2.57 bits per heavy atom. The summed E-state index contributed by atoms with van der Waals surface area (Å²) in [7, 11) is 0. The summed E-state index contributed by atoms with van der Waals surface area (Å²) < 4.78 is 0. The Hall–Kier alpha value is -2.13. The highest BCUT2D eigenvalue weighted by atomic mass is 16.2. The molecule has 0 saturated heterocycles. The normalized spacial score (nSPS) is 15.1. The van der Waals surface area contributed by atoms with E-state index in [0.29, 0.717) is 0 Å². The smallest absolute Gasteiger partial charge is 0.245 e. The van der Waals surface area contributed by atoms with Gasteiger partial charge in [0, 0.05) is 5.69 Å². The van der Waals surface area contributed by atoms with Crippen LogP contribution < -0.4 is 11.1 Å². The number of nitrogens with one attached hydrogen (secondary N) is 1. The topological polar surface area (TPSA) is 55.1 Å². The lowest BCUT2D eigenvalue weighted by Gasteiger charge is -2.20. The fourth-order valence-corrected chi connectivity index (χ4v) is 2.92. The van der Waals surface area contributed by atoms with Gasteiger partial charge in [-0.2, -0.15) is 0 Å². The summed E-state index contributed by atoms with van der Waals surface area (Å²) in [6, 6.07) is 15.0. The SMILES string of the molecule is NC(C(=O)Nc1cccc2c1CCCC2)c1ccccc1. The summed E-state index contributed by atoms with van der Waals surface area (Å²) in [5, 5.41) is 3.00. The molecule has 1 unspecified atom stereocenters. The molecule has 0 heterocycles. The minimum absolute atomic E-state index is 0.153. The largest absolute Gasteiger partial charge is 0.324 e. The standard InChI is InChI=1S/C18H20N2O/c19-17(14-8-2-1-3-9-14)18(21)20-16-12-6-10-13-7-4-5-11-15(13)16/h1-3,6,8-10,12,17H,4-5,7,11,19H2,(H,20,21). The molecular formula is C18H20N2O. The first kappa shape index (κ1) is 13.8. The molecule has 3 rings (SSSR count). The minimum atomic E-state index is -0.634. The number of amides is 1. The predicted octanol–water partition coefficient (Wildman–Crippen LogP) is 3.20. The summed E-state index contributed by atoms with van der Waals surface area (Å²) in [5.41, 5.74) is 10.4. The molecule has 3 nitrogen and oxygen atoms in total. The zero-order chi connectivity index (χ0) is 14.7. The molecule has 2 aromatic rings. The second-order valence-corrected chi connectivity index (χ2v) is 5.53. The molecule has 108 valence electrons. The lowest BCUT2D eigenvalue weighted by molar-refractivity contribution is -0.117.